The predicted molar refractivity (Wildman–Crippen MR) is 56.2 cm³/mol. The maximum absolute atomic E-state index is 11.2. The Labute approximate surface area is 95.9 Å². The summed E-state index contributed by atoms with van der Waals surface area (Å²) < 4.78 is 22.3. The molecule has 0 bridgehead atoms. The molecule has 0 aromatic heterocycles. The number of rotatable bonds is 3. The zero-order chi connectivity index (χ0) is 13.4. The molecule has 0 spiro atoms. The third-order valence-corrected chi connectivity index (χ3v) is 3.13. The van der Waals surface area contributed by atoms with E-state index in [-0.39, 0.29) is 5.56 Å². The Balaban J connectivity index is 3.73. The van der Waals surface area contributed by atoms with E-state index >= 15 is 0 Å². The molecule has 0 saturated heterocycles. The highest BCUT2D eigenvalue weighted by Crippen LogP contribution is 2.24. The summed E-state index contributed by atoms with van der Waals surface area (Å²) in [6, 6.07) is 1.52. The first kappa shape index (κ1) is 13.1. The summed E-state index contributed by atoms with van der Waals surface area (Å²) in [5.74, 6) is -1.46. The molecule has 0 fully saturated rings. The minimum absolute atomic E-state index is 0.134. The number of non-ortho nitro benzene ring substituents is 1. The zero-order valence-corrected chi connectivity index (χ0v) is 9.39. The quantitative estimate of drug-likeness (QED) is 0.589. The monoisotopic (exact) mass is 260 g/mol. The number of nitro benzene ring substituents is 1. The molecule has 3 N–H and O–H groups in total. The van der Waals surface area contributed by atoms with E-state index in [1.807, 2.05) is 0 Å². The van der Waals surface area contributed by atoms with Gasteiger partial charge >= 0.3 is 5.97 Å². The lowest BCUT2D eigenvalue weighted by molar-refractivity contribution is -0.385. The van der Waals surface area contributed by atoms with Crippen LogP contribution < -0.4 is 5.14 Å². The highest BCUT2D eigenvalue weighted by atomic mass is 32.2. The van der Waals surface area contributed by atoms with Crippen LogP contribution in [0.5, 0.6) is 0 Å². The van der Waals surface area contributed by atoms with Crippen molar-refractivity contribution >= 4 is 21.7 Å². The second-order valence-electron chi connectivity index (χ2n) is 3.22. The van der Waals surface area contributed by atoms with E-state index in [2.05, 4.69) is 0 Å². The van der Waals surface area contributed by atoms with Crippen molar-refractivity contribution < 1.29 is 23.2 Å². The van der Waals surface area contributed by atoms with E-state index in [0.29, 0.717) is 0 Å². The van der Waals surface area contributed by atoms with Gasteiger partial charge in [-0.05, 0) is 12.5 Å². The zero-order valence-electron chi connectivity index (χ0n) is 8.58. The van der Waals surface area contributed by atoms with Crippen molar-refractivity contribution in [2.24, 2.45) is 5.14 Å². The molecule has 0 radical (unpaired) electrons. The minimum atomic E-state index is -4.21. The highest BCUT2D eigenvalue weighted by Gasteiger charge is 2.23. The number of nitrogens with two attached hydrogens (primary N) is 1. The van der Waals surface area contributed by atoms with Gasteiger partial charge in [0, 0.05) is 12.1 Å². The first-order chi connectivity index (χ1) is 7.64. The number of hydrogen-bond acceptors (Lipinski definition) is 5. The fourth-order valence-corrected chi connectivity index (χ4v) is 2.12. The van der Waals surface area contributed by atoms with Gasteiger partial charge in [-0.15, -0.1) is 0 Å². The topological polar surface area (TPSA) is 141 Å². The van der Waals surface area contributed by atoms with Crippen LogP contribution in [-0.4, -0.2) is 24.4 Å². The number of hydrogen-bond donors (Lipinski definition) is 2. The maximum atomic E-state index is 11.2. The molecule has 1 rings (SSSR count). The molecule has 8 nitrogen and oxygen atoms in total. The number of sulfonamides is 1. The van der Waals surface area contributed by atoms with E-state index in [9.17, 15) is 23.3 Å². The Kier molecular flexibility index (Phi) is 3.16. The Morgan fingerprint density at radius 2 is 2.00 bits per heavy atom. The predicted octanol–water partition coefficient (Wildman–Crippen LogP) is 0.249. The minimum Gasteiger partial charge on any atom is -0.478 e. The Hall–Kier alpha value is -2.00. The lowest BCUT2D eigenvalue weighted by Gasteiger charge is -2.06. The standard InChI is InChI=1S/C8H8N2O6S/c1-4-6(8(11)12)2-5(10(13)14)3-7(4)17(9,15)16/h2-3H,1H3,(H,11,12)(H2,9,15,16). The fraction of sp³-hybridized carbons (Fsp3) is 0.125. The summed E-state index contributed by atoms with van der Waals surface area (Å²) in [5.41, 5.74) is -1.24. The van der Waals surface area contributed by atoms with Gasteiger partial charge in [0.1, 0.15) is 0 Å². The van der Waals surface area contributed by atoms with Gasteiger partial charge in [0.05, 0.1) is 15.4 Å². The van der Waals surface area contributed by atoms with Crippen LogP contribution in [0.1, 0.15) is 15.9 Å². The lowest BCUT2D eigenvalue weighted by Crippen LogP contribution is -2.16. The van der Waals surface area contributed by atoms with Crippen molar-refractivity contribution in [2.45, 2.75) is 11.8 Å². The third-order valence-electron chi connectivity index (χ3n) is 2.09. The summed E-state index contributed by atoms with van der Waals surface area (Å²) in [6.45, 7) is 1.22. The molecule has 9 heteroatoms. The molecule has 0 aliphatic rings. The number of nitro groups is 1. The Morgan fingerprint density at radius 3 is 2.35 bits per heavy atom. The molecule has 1 aromatic rings. The van der Waals surface area contributed by atoms with Gasteiger partial charge in [-0.3, -0.25) is 10.1 Å². The molecule has 0 saturated carbocycles. The lowest BCUT2D eigenvalue weighted by atomic mass is 10.1. The Morgan fingerprint density at radius 1 is 1.47 bits per heavy atom. The normalized spacial score (nSPS) is 11.2. The van der Waals surface area contributed by atoms with E-state index in [1.54, 1.807) is 0 Å². The van der Waals surface area contributed by atoms with Crippen LogP contribution in [0.25, 0.3) is 0 Å². The second-order valence-corrected chi connectivity index (χ2v) is 4.75. The SMILES string of the molecule is Cc1c(C(=O)O)cc([N+](=O)[O-])cc1S(N)(=O)=O. The Bertz CT molecular complexity index is 607. The van der Waals surface area contributed by atoms with Gasteiger partial charge in [0.15, 0.2) is 0 Å². The molecular formula is C8H8N2O6S. The number of primary sulfonamides is 1. The molecule has 0 unspecified atom stereocenters. The number of carboxylic acids is 1. The number of benzene rings is 1. The van der Waals surface area contributed by atoms with Gasteiger partial charge in [0.2, 0.25) is 10.0 Å². The van der Waals surface area contributed by atoms with Crippen LogP contribution in [0.4, 0.5) is 5.69 Å². The van der Waals surface area contributed by atoms with Crippen molar-refractivity contribution in [2.75, 3.05) is 0 Å². The fourth-order valence-electron chi connectivity index (χ4n) is 1.30. The maximum Gasteiger partial charge on any atom is 0.336 e. The van der Waals surface area contributed by atoms with E-state index < -0.39 is 37.1 Å². The van der Waals surface area contributed by atoms with E-state index in [0.717, 1.165) is 12.1 Å². The van der Waals surface area contributed by atoms with Crippen molar-refractivity contribution in [3.63, 3.8) is 0 Å². The molecule has 0 heterocycles. The van der Waals surface area contributed by atoms with Crippen LogP contribution in [0.15, 0.2) is 17.0 Å². The summed E-state index contributed by atoms with van der Waals surface area (Å²) >= 11 is 0. The number of carboxylic acid groups (broad SMARTS) is 1. The van der Waals surface area contributed by atoms with E-state index in [4.69, 9.17) is 10.2 Å². The third kappa shape index (κ3) is 2.57. The molecular weight excluding hydrogens is 252 g/mol. The number of aromatic carboxylic acids is 1. The first-order valence-electron chi connectivity index (χ1n) is 4.19. The second kappa shape index (κ2) is 4.11. The van der Waals surface area contributed by atoms with Crippen molar-refractivity contribution in [3.05, 3.63) is 33.4 Å². The van der Waals surface area contributed by atoms with Crippen LogP contribution in [0, 0.1) is 17.0 Å². The highest BCUT2D eigenvalue weighted by molar-refractivity contribution is 7.89. The summed E-state index contributed by atoms with van der Waals surface area (Å²) in [6.07, 6.45) is 0. The smallest absolute Gasteiger partial charge is 0.336 e. The van der Waals surface area contributed by atoms with Gasteiger partial charge < -0.3 is 5.11 Å². The molecule has 0 atom stereocenters. The van der Waals surface area contributed by atoms with Gasteiger partial charge in [-0.2, -0.15) is 0 Å². The van der Waals surface area contributed by atoms with Gasteiger partial charge in [-0.25, -0.2) is 18.4 Å². The van der Waals surface area contributed by atoms with Crippen molar-refractivity contribution in [1.82, 2.24) is 0 Å². The molecule has 0 amide bonds. The number of carbonyl (C=O) groups is 1. The van der Waals surface area contributed by atoms with Crippen LogP contribution >= 0.6 is 0 Å². The van der Waals surface area contributed by atoms with Gasteiger partial charge in [-0.1, -0.05) is 0 Å². The molecule has 0 aliphatic carbocycles. The van der Waals surface area contributed by atoms with Crippen molar-refractivity contribution in [3.8, 4) is 0 Å². The molecule has 1 aromatic carbocycles. The molecule has 17 heavy (non-hydrogen) atoms. The summed E-state index contributed by atoms with van der Waals surface area (Å²) in [7, 11) is -4.21. The van der Waals surface area contributed by atoms with E-state index in [1.165, 1.54) is 6.92 Å². The van der Waals surface area contributed by atoms with Gasteiger partial charge in [0.25, 0.3) is 5.69 Å². The van der Waals surface area contributed by atoms with Crippen molar-refractivity contribution in [1.29, 1.82) is 0 Å². The first-order valence-corrected chi connectivity index (χ1v) is 5.74. The molecule has 92 valence electrons. The average molecular weight is 260 g/mol. The summed E-state index contributed by atoms with van der Waals surface area (Å²) in [5, 5.41) is 24.2. The van der Waals surface area contributed by atoms with Crippen LogP contribution in [0.2, 0.25) is 0 Å². The molecule has 0 aliphatic heterocycles. The summed E-state index contributed by atoms with van der Waals surface area (Å²) in [4.78, 5) is 19.9. The van der Waals surface area contributed by atoms with Crippen LogP contribution in [0.3, 0.4) is 0 Å². The largest absolute Gasteiger partial charge is 0.478 e. The average Bonchev–Trinajstić information content (AvgIpc) is 2.15. The van der Waals surface area contributed by atoms with Crippen LogP contribution in [-0.2, 0) is 10.0 Å². The number of nitrogens with zero attached hydrogens (tertiary/aromatic N) is 1.